The number of sulfonamides is 1. The normalized spacial score (nSPS) is 11.5. The molecule has 7 nitrogen and oxygen atoms in total. The van der Waals surface area contributed by atoms with Crippen molar-refractivity contribution in [3.05, 3.63) is 65.2 Å². The van der Waals surface area contributed by atoms with Gasteiger partial charge in [-0.3, -0.25) is 15.2 Å². The van der Waals surface area contributed by atoms with Crippen LogP contribution >= 0.6 is 0 Å². The number of aromatic nitrogens is 1. The van der Waals surface area contributed by atoms with Gasteiger partial charge in [0.15, 0.2) is 0 Å². The highest BCUT2D eigenvalue weighted by Crippen LogP contribution is 2.16. The molecule has 0 saturated heterocycles. The van der Waals surface area contributed by atoms with E-state index < -0.39 is 21.7 Å². The van der Waals surface area contributed by atoms with Gasteiger partial charge >= 0.3 is 0 Å². The van der Waals surface area contributed by atoms with Crippen molar-refractivity contribution in [1.29, 1.82) is 0 Å². The lowest BCUT2D eigenvalue weighted by atomic mass is 10.1. The number of nitrogen functional groups attached to an aromatic ring is 1. The third-order valence-corrected chi connectivity index (χ3v) is 4.52. The third-order valence-electron chi connectivity index (χ3n) is 3.33. The van der Waals surface area contributed by atoms with Gasteiger partial charge in [-0.05, 0) is 24.3 Å². The van der Waals surface area contributed by atoms with Crippen molar-refractivity contribution >= 4 is 15.9 Å². The first-order valence-electron chi connectivity index (χ1n) is 6.95. The van der Waals surface area contributed by atoms with Crippen LogP contribution in [-0.4, -0.2) is 29.9 Å². The summed E-state index contributed by atoms with van der Waals surface area (Å²) in [5.41, 5.74) is 2.64. The Morgan fingerprint density at radius 3 is 2.58 bits per heavy atom. The topological polar surface area (TPSA) is 105 Å². The minimum Gasteiger partial charge on any atom is -0.290 e. The average Bonchev–Trinajstić information content (AvgIpc) is 2.55. The summed E-state index contributed by atoms with van der Waals surface area (Å²) in [7, 11) is -3.58. The number of nitrogens with two attached hydrogens (primary N) is 1. The average molecular weight is 352 g/mol. The monoisotopic (exact) mass is 352 g/mol. The predicted molar refractivity (Wildman–Crippen MR) is 86.4 cm³/mol. The van der Waals surface area contributed by atoms with E-state index in [0.717, 1.165) is 16.6 Å². The number of hydrazine groups is 1. The SMILES string of the molecule is CS(=O)(=O)N(Cc1ccccn1)Cc1ccc(C(=O)NN)cc1F. The maximum Gasteiger partial charge on any atom is 0.265 e. The number of nitrogens with zero attached hydrogens (tertiary/aromatic N) is 2. The van der Waals surface area contributed by atoms with Crippen molar-refractivity contribution in [3.8, 4) is 0 Å². The molecule has 0 fully saturated rings. The van der Waals surface area contributed by atoms with Gasteiger partial charge in [0, 0.05) is 23.9 Å². The van der Waals surface area contributed by atoms with E-state index in [4.69, 9.17) is 5.84 Å². The number of amides is 1. The van der Waals surface area contributed by atoms with E-state index in [1.54, 1.807) is 24.4 Å². The first-order valence-corrected chi connectivity index (χ1v) is 8.80. The molecule has 9 heteroatoms. The molecule has 0 unspecified atom stereocenters. The Kier molecular flexibility index (Phi) is 5.60. The first kappa shape index (κ1) is 18.0. The Morgan fingerprint density at radius 2 is 2.04 bits per heavy atom. The quantitative estimate of drug-likeness (QED) is 0.454. The zero-order chi connectivity index (χ0) is 17.7. The van der Waals surface area contributed by atoms with Crippen LogP contribution in [0.4, 0.5) is 4.39 Å². The van der Waals surface area contributed by atoms with E-state index >= 15 is 0 Å². The number of pyridine rings is 1. The first-order chi connectivity index (χ1) is 11.3. The summed E-state index contributed by atoms with van der Waals surface area (Å²) in [6.07, 6.45) is 2.60. The predicted octanol–water partition coefficient (Wildman–Crippen LogP) is 0.786. The van der Waals surface area contributed by atoms with Crippen LogP contribution in [0.15, 0.2) is 42.6 Å². The minimum absolute atomic E-state index is 0.0180. The molecule has 0 aliphatic rings. The number of hydrogen-bond donors (Lipinski definition) is 2. The van der Waals surface area contributed by atoms with Crippen LogP contribution in [0.25, 0.3) is 0 Å². The summed E-state index contributed by atoms with van der Waals surface area (Å²) in [6.45, 7) is -0.157. The van der Waals surface area contributed by atoms with Crippen molar-refractivity contribution in [1.82, 2.24) is 14.7 Å². The molecule has 0 aliphatic heterocycles. The summed E-state index contributed by atoms with van der Waals surface area (Å²) >= 11 is 0. The molecule has 0 bridgehead atoms. The molecular weight excluding hydrogens is 335 g/mol. The lowest BCUT2D eigenvalue weighted by Crippen LogP contribution is -2.31. The highest BCUT2D eigenvalue weighted by atomic mass is 32.2. The van der Waals surface area contributed by atoms with Crippen LogP contribution in [0.1, 0.15) is 21.6 Å². The summed E-state index contributed by atoms with van der Waals surface area (Å²) in [4.78, 5) is 15.5. The second kappa shape index (κ2) is 7.47. The molecule has 0 radical (unpaired) electrons. The molecule has 0 saturated carbocycles. The molecule has 1 aromatic carbocycles. The molecule has 2 rings (SSSR count). The van der Waals surface area contributed by atoms with Crippen LogP contribution in [-0.2, 0) is 23.1 Å². The van der Waals surface area contributed by atoms with Gasteiger partial charge in [-0.15, -0.1) is 0 Å². The fourth-order valence-corrected chi connectivity index (χ4v) is 2.79. The molecule has 1 amide bonds. The fourth-order valence-electron chi connectivity index (χ4n) is 2.05. The Morgan fingerprint density at radius 1 is 1.29 bits per heavy atom. The summed E-state index contributed by atoms with van der Waals surface area (Å²) in [5, 5.41) is 0. The fraction of sp³-hybridized carbons (Fsp3) is 0.200. The smallest absolute Gasteiger partial charge is 0.265 e. The molecule has 24 heavy (non-hydrogen) atoms. The van der Waals surface area contributed by atoms with Gasteiger partial charge in [-0.25, -0.2) is 18.7 Å². The zero-order valence-corrected chi connectivity index (χ0v) is 13.8. The number of nitrogens with one attached hydrogen (secondary N) is 1. The number of carbonyl (C=O) groups excluding carboxylic acids is 1. The van der Waals surface area contributed by atoms with Gasteiger partial charge < -0.3 is 0 Å². The van der Waals surface area contributed by atoms with Gasteiger partial charge in [-0.1, -0.05) is 12.1 Å². The van der Waals surface area contributed by atoms with Crippen LogP contribution in [0.2, 0.25) is 0 Å². The Balaban J connectivity index is 2.25. The van der Waals surface area contributed by atoms with E-state index in [-0.39, 0.29) is 24.2 Å². The van der Waals surface area contributed by atoms with E-state index in [1.165, 1.54) is 12.1 Å². The molecule has 2 aromatic rings. The number of benzene rings is 1. The van der Waals surface area contributed by atoms with Gasteiger partial charge in [0.05, 0.1) is 18.5 Å². The highest BCUT2D eigenvalue weighted by Gasteiger charge is 2.20. The van der Waals surface area contributed by atoms with Gasteiger partial charge in [-0.2, -0.15) is 4.31 Å². The van der Waals surface area contributed by atoms with Gasteiger partial charge in [0.2, 0.25) is 10.0 Å². The van der Waals surface area contributed by atoms with Gasteiger partial charge in [0.1, 0.15) is 5.82 Å². The van der Waals surface area contributed by atoms with Crippen molar-refractivity contribution in [3.63, 3.8) is 0 Å². The molecule has 128 valence electrons. The molecule has 1 heterocycles. The van der Waals surface area contributed by atoms with Crippen molar-refractivity contribution in [2.75, 3.05) is 6.26 Å². The highest BCUT2D eigenvalue weighted by molar-refractivity contribution is 7.88. The largest absolute Gasteiger partial charge is 0.290 e. The number of carbonyl (C=O) groups is 1. The second-order valence-electron chi connectivity index (χ2n) is 5.13. The van der Waals surface area contributed by atoms with Crippen LogP contribution in [0.3, 0.4) is 0 Å². The van der Waals surface area contributed by atoms with Crippen LogP contribution in [0, 0.1) is 5.82 Å². The Hall–Kier alpha value is -2.36. The molecular formula is C15H17FN4O3S. The lowest BCUT2D eigenvalue weighted by molar-refractivity contribution is 0.0953. The van der Waals surface area contributed by atoms with Crippen molar-refractivity contribution in [2.45, 2.75) is 13.1 Å². The van der Waals surface area contributed by atoms with Crippen LogP contribution in [0.5, 0.6) is 0 Å². The Labute approximate surface area is 139 Å². The lowest BCUT2D eigenvalue weighted by Gasteiger charge is -2.20. The van der Waals surface area contributed by atoms with E-state index in [1.807, 2.05) is 5.43 Å². The van der Waals surface area contributed by atoms with E-state index in [0.29, 0.717) is 5.69 Å². The second-order valence-corrected chi connectivity index (χ2v) is 7.11. The molecule has 1 aromatic heterocycles. The number of hydrogen-bond acceptors (Lipinski definition) is 5. The maximum atomic E-state index is 14.2. The number of halogens is 1. The third kappa shape index (κ3) is 4.57. The number of rotatable bonds is 6. The molecule has 0 atom stereocenters. The minimum atomic E-state index is -3.58. The van der Waals surface area contributed by atoms with Crippen molar-refractivity contribution in [2.24, 2.45) is 5.84 Å². The van der Waals surface area contributed by atoms with Crippen LogP contribution < -0.4 is 11.3 Å². The molecule has 0 spiro atoms. The molecule has 3 N–H and O–H groups in total. The van der Waals surface area contributed by atoms with Crippen molar-refractivity contribution < 1.29 is 17.6 Å². The summed E-state index contributed by atoms with van der Waals surface area (Å²) in [5.74, 6) is 3.68. The zero-order valence-electron chi connectivity index (χ0n) is 12.9. The van der Waals surface area contributed by atoms with E-state index in [2.05, 4.69) is 4.98 Å². The summed E-state index contributed by atoms with van der Waals surface area (Å²) < 4.78 is 39.2. The molecule has 0 aliphatic carbocycles. The van der Waals surface area contributed by atoms with Gasteiger partial charge in [0.25, 0.3) is 5.91 Å². The summed E-state index contributed by atoms with van der Waals surface area (Å²) in [6, 6.07) is 8.89. The Bertz CT molecular complexity index is 828. The van der Waals surface area contributed by atoms with E-state index in [9.17, 15) is 17.6 Å². The standard InChI is InChI=1S/C15H17FN4O3S/c1-24(22,23)20(10-13-4-2-3-7-18-13)9-12-6-5-11(8-14(12)16)15(21)19-17/h2-8H,9-10,17H2,1H3,(H,19,21). The maximum absolute atomic E-state index is 14.2.